The number of anilines is 1. The Balaban J connectivity index is 1.29. The summed E-state index contributed by atoms with van der Waals surface area (Å²) >= 11 is 0. The summed E-state index contributed by atoms with van der Waals surface area (Å²) in [6.07, 6.45) is 2.85. The number of piperidine rings is 1. The number of hydrogen-bond acceptors (Lipinski definition) is 5. The van der Waals surface area contributed by atoms with Crippen LogP contribution in [-0.2, 0) is 11.2 Å². The standard InChI is InChI=1S/C28H37N3O5/c1-5-22-18-31(23-16-19(2)6-8-24(23)36-22)28(33)30-14-11-21(12-15-30)27(32)29-13-10-20-7-9-25(34-3)26(17-20)35-4/h6-9,16-17,21-22H,5,10-15,18H2,1-4H3,(H,29,32)/t22-/m1/s1. The molecule has 2 aromatic carbocycles. The van der Waals surface area contributed by atoms with Crippen LogP contribution in [0, 0.1) is 12.8 Å². The Morgan fingerprint density at radius 1 is 1.06 bits per heavy atom. The van der Waals surface area contributed by atoms with Crippen molar-refractivity contribution in [2.75, 3.05) is 45.3 Å². The van der Waals surface area contributed by atoms with E-state index in [0.29, 0.717) is 56.9 Å². The molecule has 0 radical (unpaired) electrons. The summed E-state index contributed by atoms with van der Waals surface area (Å²) in [6.45, 7) is 6.33. The van der Waals surface area contributed by atoms with Crippen LogP contribution in [0.5, 0.6) is 17.2 Å². The number of carbonyl (C=O) groups excluding carboxylic acids is 2. The molecule has 0 aromatic heterocycles. The molecule has 4 rings (SSSR count). The molecule has 3 amide bonds. The smallest absolute Gasteiger partial charge is 0.324 e. The first kappa shape index (κ1) is 25.7. The van der Waals surface area contributed by atoms with Gasteiger partial charge in [0.05, 0.1) is 26.5 Å². The summed E-state index contributed by atoms with van der Waals surface area (Å²) < 4.78 is 16.7. The number of nitrogens with zero attached hydrogens (tertiary/aromatic N) is 2. The third-order valence-corrected chi connectivity index (χ3v) is 7.07. The summed E-state index contributed by atoms with van der Waals surface area (Å²) in [5, 5.41) is 3.07. The molecular formula is C28H37N3O5. The Hall–Kier alpha value is -3.42. The first-order valence-corrected chi connectivity index (χ1v) is 12.8. The van der Waals surface area contributed by atoms with Crippen LogP contribution in [0.15, 0.2) is 36.4 Å². The van der Waals surface area contributed by atoms with Crippen molar-refractivity contribution in [2.45, 2.75) is 45.6 Å². The van der Waals surface area contributed by atoms with E-state index in [2.05, 4.69) is 12.2 Å². The maximum Gasteiger partial charge on any atom is 0.324 e. The number of nitrogens with one attached hydrogen (secondary N) is 1. The molecule has 0 spiro atoms. The molecular weight excluding hydrogens is 458 g/mol. The van der Waals surface area contributed by atoms with Gasteiger partial charge in [-0.05, 0) is 68.0 Å². The van der Waals surface area contributed by atoms with E-state index in [1.807, 2.05) is 53.1 Å². The average molecular weight is 496 g/mol. The number of amides is 3. The molecule has 2 aromatic rings. The van der Waals surface area contributed by atoms with E-state index in [-0.39, 0.29) is 24.0 Å². The molecule has 8 nitrogen and oxygen atoms in total. The van der Waals surface area contributed by atoms with E-state index in [4.69, 9.17) is 14.2 Å². The maximum absolute atomic E-state index is 13.5. The summed E-state index contributed by atoms with van der Waals surface area (Å²) in [6, 6.07) is 11.8. The monoisotopic (exact) mass is 495 g/mol. The van der Waals surface area contributed by atoms with E-state index in [1.165, 1.54) is 0 Å². The van der Waals surface area contributed by atoms with Crippen LogP contribution in [0.3, 0.4) is 0 Å². The van der Waals surface area contributed by atoms with Crippen molar-refractivity contribution in [3.63, 3.8) is 0 Å². The molecule has 0 aliphatic carbocycles. The molecule has 1 fully saturated rings. The predicted octanol–water partition coefficient (Wildman–Crippen LogP) is 4.18. The molecule has 0 saturated carbocycles. The third-order valence-electron chi connectivity index (χ3n) is 7.07. The summed E-state index contributed by atoms with van der Waals surface area (Å²) in [4.78, 5) is 30.0. The summed E-state index contributed by atoms with van der Waals surface area (Å²) in [7, 11) is 3.22. The number of likely N-dealkylation sites (tertiary alicyclic amines) is 1. The molecule has 2 aliphatic rings. The normalized spacial score (nSPS) is 17.7. The number of benzene rings is 2. The van der Waals surface area contributed by atoms with Gasteiger partial charge in [-0.25, -0.2) is 4.79 Å². The zero-order valence-electron chi connectivity index (χ0n) is 21.7. The average Bonchev–Trinajstić information content (AvgIpc) is 2.91. The fourth-order valence-corrected chi connectivity index (χ4v) is 4.86. The molecule has 8 heteroatoms. The topological polar surface area (TPSA) is 80.3 Å². The van der Waals surface area contributed by atoms with Crippen LogP contribution in [0.25, 0.3) is 0 Å². The summed E-state index contributed by atoms with van der Waals surface area (Å²) in [5.74, 6) is 2.10. The highest BCUT2D eigenvalue weighted by molar-refractivity contribution is 5.94. The summed E-state index contributed by atoms with van der Waals surface area (Å²) in [5.41, 5.74) is 2.99. The fraction of sp³-hybridized carbons (Fsp3) is 0.500. The lowest BCUT2D eigenvalue weighted by Crippen LogP contribution is -2.52. The number of rotatable bonds is 7. The molecule has 36 heavy (non-hydrogen) atoms. The van der Waals surface area contributed by atoms with Crippen molar-refractivity contribution in [3.8, 4) is 17.2 Å². The highest BCUT2D eigenvalue weighted by atomic mass is 16.5. The zero-order valence-corrected chi connectivity index (χ0v) is 21.7. The Labute approximate surface area is 213 Å². The minimum Gasteiger partial charge on any atom is -0.493 e. The van der Waals surface area contributed by atoms with Gasteiger partial charge in [-0.15, -0.1) is 0 Å². The molecule has 1 saturated heterocycles. The van der Waals surface area contributed by atoms with E-state index in [1.54, 1.807) is 14.2 Å². The van der Waals surface area contributed by atoms with Crippen molar-refractivity contribution >= 4 is 17.6 Å². The number of carbonyl (C=O) groups is 2. The molecule has 2 heterocycles. The van der Waals surface area contributed by atoms with Crippen molar-refractivity contribution < 1.29 is 23.8 Å². The number of fused-ring (bicyclic) bond motifs is 1. The van der Waals surface area contributed by atoms with Crippen molar-refractivity contribution in [2.24, 2.45) is 5.92 Å². The first-order valence-electron chi connectivity index (χ1n) is 12.8. The van der Waals surface area contributed by atoms with Crippen LogP contribution in [-0.4, -0.2) is 63.3 Å². The second-order valence-corrected chi connectivity index (χ2v) is 9.50. The van der Waals surface area contributed by atoms with Gasteiger partial charge < -0.3 is 24.4 Å². The second-order valence-electron chi connectivity index (χ2n) is 9.50. The van der Waals surface area contributed by atoms with Crippen LogP contribution in [0.2, 0.25) is 0 Å². The molecule has 2 aliphatic heterocycles. The second kappa shape index (κ2) is 11.5. The predicted molar refractivity (Wildman–Crippen MR) is 139 cm³/mol. The van der Waals surface area contributed by atoms with Crippen LogP contribution >= 0.6 is 0 Å². The lowest BCUT2D eigenvalue weighted by molar-refractivity contribution is -0.126. The van der Waals surface area contributed by atoms with E-state index >= 15 is 0 Å². The number of methoxy groups -OCH3 is 2. The quantitative estimate of drug-likeness (QED) is 0.623. The van der Waals surface area contributed by atoms with E-state index in [0.717, 1.165) is 29.0 Å². The van der Waals surface area contributed by atoms with Crippen LogP contribution < -0.4 is 24.4 Å². The molecule has 0 unspecified atom stereocenters. The van der Waals surface area contributed by atoms with Crippen LogP contribution in [0.1, 0.15) is 37.3 Å². The van der Waals surface area contributed by atoms with Gasteiger partial charge in [0.25, 0.3) is 0 Å². The minimum absolute atomic E-state index is 0.00379. The highest BCUT2D eigenvalue weighted by Gasteiger charge is 2.34. The Morgan fingerprint density at radius 3 is 2.50 bits per heavy atom. The Kier molecular flexibility index (Phi) is 8.23. The number of urea groups is 1. The lowest BCUT2D eigenvalue weighted by atomic mass is 9.96. The van der Waals surface area contributed by atoms with Gasteiger partial charge in [-0.2, -0.15) is 0 Å². The maximum atomic E-state index is 13.5. The lowest BCUT2D eigenvalue weighted by Gasteiger charge is -2.39. The van der Waals surface area contributed by atoms with Gasteiger partial charge >= 0.3 is 6.03 Å². The van der Waals surface area contributed by atoms with Gasteiger partial charge in [-0.1, -0.05) is 19.1 Å². The number of aryl methyl sites for hydroxylation is 1. The molecule has 1 atom stereocenters. The molecule has 194 valence electrons. The van der Waals surface area contributed by atoms with Gasteiger partial charge in [-0.3, -0.25) is 9.69 Å². The van der Waals surface area contributed by atoms with Gasteiger partial charge in [0.1, 0.15) is 11.9 Å². The first-order chi connectivity index (χ1) is 17.4. The van der Waals surface area contributed by atoms with Crippen molar-refractivity contribution in [1.82, 2.24) is 10.2 Å². The number of ether oxygens (including phenoxy) is 3. The fourth-order valence-electron chi connectivity index (χ4n) is 4.86. The SMILES string of the molecule is CC[C@@H]1CN(C(=O)N2CCC(C(=O)NCCc3ccc(OC)c(OC)c3)CC2)c2cc(C)ccc2O1. The largest absolute Gasteiger partial charge is 0.493 e. The van der Waals surface area contributed by atoms with Crippen molar-refractivity contribution in [1.29, 1.82) is 0 Å². The van der Waals surface area contributed by atoms with Crippen LogP contribution in [0.4, 0.5) is 10.5 Å². The van der Waals surface area contributed by atoms with E-state index in [9.17, 15) is 9.59 Å². The Morgan fingerprint density at radius 2 is 1.81 bits per heavy atom. The molecule has 0 bridgehead atoms. The molecule has 1 N–H and O–H groups in total. The van der Waals surface area contributed by atoms with Crippen molar-refractivity contribution in [3.05, 3.63) is 47.5 Å². The van der Waals surface area contributed by atoms with Gasteiger partial charge in [0.2, 0.25) is 5.91 Å². The third kappa shape index (κ3) is 5.69. The Bertz CT molecular complexity index is 1080. The van der Waals surface area contributed by atoms with E-state index < -0.39 is 0 Å². The number of hydrogen-bond donors (Lipinski definition) is 1. The zero-order chi connectivity index (χ0) is 25.7. The van der Waals surface area contributed by atoms with Gasteiger partial charge in [0.15, 0.2) is 11.5 Å². The highest BCUT2D eigenvalue weighted by Crippen LogP contribution is 2.36. The van der Waals surface area contributed by atoms with Gasteiger partial charge in [0, 0.05) is 25.6 Å². The minimum atomic E-state index is -0.0814.